The second-order valence-electron chi connectivity index (χ2n) is 7.14. The lowest BCUT2D eigenvalue weighted by Gasteiger charge is -2.43. The van der Waals surface area contributed by atoms with Crippen LogP contribution in [0.25, 0.3) is 0 Å². The van der Waals surface area contributed by atoms with Crippen LogP contribution in [-0.4, -0.2) is 53.1 Å². The maximum Gasteiger partial charge on any atom is 0.231 e. The van der Waals surface area contributed by atoms with Crippen molar-refractivity contribution in [3.05, 3.63) is 18.6 Å². The Labute approximate surface area is 136 Å². The topological polar surface area (TPSA) is 67.3 Å². The fourth-order valence-electron chi connectivity index (χ4n) is 3.81. The van der Waals surface area contributed by atoms with E-state index in [-0.39, 0.29) is 11.8 Å². The standard InChI is InChI=1S/C17H24N4O2/c22-17(20-16-8-18-4-5-19-16)14-7-13-10-21(9-12-1-2-12)6-3-15(13)23-11-14/h4-5,8,12-15H,1-3,6-7,9-11H2,(H,19,20,22)/t13-,14-,15+/m1/s1. The molecule has 6 heteroatoms. The third kappa shape index (κ3) is 3.70. The maximum atomic E-state index is 12.4. The summed E-state index contributed by atoms with van der Waals surface area (Å²) < 4.78 is 6.00. The molecule has 0 spiro atoms. The van der Waals surface area contributed by atoms with Crippen LogP contribution in [0, 0.1) is 17.8 Å². The Hall–Kier alpha value is -1.53. The molecule has 23 heavy (non-hydrogen) atoms. The number of ether oxygens (including phenoxy) is 1. The first-order chi connectivity index (χ1) is 11.3. The first kappa shape index (κ1) is 15.0. The van der Waals surface area contributed by atoms with Crippen LogP contribution in [0.4, 0.5) is 5.82 Å². The van der Waals surface area contributed by atoms with Crippen LogP contribution >= 0.6 is 0 Å². The Morgan fingerprint density at radius 1 is 1.35 bits per heavy atom. The van der Waals surface area contributed by atoms with Gasteiger partial charge >= 0.3 is 0 Å². The summed E-state index contributed by atoms with van der Waals surface area (Å²) in [6, 6.07) is 0. The Kier molecular flexibility index (Phi) is 4.27. The number of fused-ring (bicyclic) bond motifs is 1. The predicted octanol–water partition coefficient (Wildman–Crippen LogP) is 1.55. The van der Waals surface area contributed by atoms with Crippen LogP contribution in [-0.2, 0) is 9.53 Å². The Bertz CT molecular complexity index is 549. The molecule has 0 unspecified atom stereocenters. The van der Waals surface area contributed by atoms with E-state index in [1.54, 1.807) is 18.6 Å². The summed E-state index contributed by atoms with van der Waals surface area (Å²) >= 11 is 0. The molecule has 4 rings (SSSR count). The van der Waals surface area contributed by atoms with E-state index in [0.717, 1.165) is 31.8 Å². The van der Waals surface area contributed by atoms with Gasteiger partial charge in [-0.3, -0.25) is 9.78 Å². The van der Waals surface area contributed by atoms with Crippen molar-refractivity contribution in [1.29, 1.82) is 0 Å². The lowest BCUT2D eigenvalue weighted by molar-refractivity contribution is -0.134. The van der Waals surface area contributed by atoms with Gasteiger partial charge < -0.3 is 15.0 Å². The van der Waals surface area contributed by atoms with Gasteiger partial charge in [0.15, 0.2) is 5.82 Å². The summed E-state index contributed by atoms with van der Waals surface area (Å²) in [7, 11) is 0. The van der Waals surface area contributed by atoms with Crippen LogP contribution in [0.3, 0.4) is 0 Å². The quantitative estimate of drug-likeness (QED) is 0.913. The number of aromatic nitrogens is 2. The van der Waals surface area contributed by atoms with Gasteiger partial charge in [0, 0.05) is 32.0 Å². The molecular formula is C17H24N4O2. The molecule has 124 valence electrons. The molecule has 2 aliphatic heterocycles. The van der Waals surface area contributed by atoms with Crippen molar-refractivity contribution in [2.24, 2.45) is 17.8 Å². The molecule has 0 bridgehead atoms. The number of amides is 1. The average Bonchev–Trinajstić information content (AvgIpc) is 3.39. The Morgan fingerprint density at radius 2 is 2.26 bits per heavy atom. The van der Waals surface area contributed by atoms with E-state index in [1.165, 1.54) is 19.4 Å². The molecule has 0 aromatic carbocycles. The predicted molar refractivity (Wildman–Crippen MR) is 85.8 cm³/mol. The third-order valence-corrected chi connectivity index (χ3v) is 5.25. The molecule has 0 radical (unpaired) electrons. The molecule has 1 saturated carbocycles. The minimum atomic E-state index is -0.0841. The Balaban J connectivity index is 1.33. The number of carbonyl (C=O) groups is 1. The fourth-order valence-corrected chi connectivity index (χ4v) is 3.81. The number of anilines is 1. The van der Waals surface area contributed by atoms with Crippen LogP contribution in [0.1, 0.15) is 25.7 Å². The molecule has 1 aliphatic carbocycles. The highest BCUT2D eigenvalue weighted by atomic mass is 16.5. The number of rotatable bonds is 4. The lowest BCUT2D eigenvalue weighted by atomic mass is 9.83. The molecule has 1 N–H and O–H groups in total. The van der Waals surface area contributed by atoms with E-state index in [4.69, 9.17) is 4.74 Å². The lowest BCUT2D eigenvalue weighted by Crippen LogP contribution is -2.50. The summed E-state index contributed by atoms with van der Waals surface area (Å²) in [5.41, 5.74) is 0. The number of carbonyl (C=O) groups excluding carboxylic acids is 1. The van der Waals surface area contributed by atoms with Gasteiger partial charge in [0.25, 0.3) is 0 Å². The number of hydrogen-bond acceptors (Lipinski definition) is 5. The summed E-state index contributed by atoms with van der Waals surface area (Å²) in [6.07, 6.45) is 9.90. The zero-order valence-electron chi connectivity index (χ0n) is 13.4. The summed E-state index contributed by atoms with van der Waals surface area (Å²) in [5.74, 6) is 1.83. The van der Waals surface area contributed by atoms with Crippen LogP contribution in [0.5, 0.6) is 0 Å². The summed E-state index contributed by atoms with van der Waals surface area (Å²) in [6.45, 7) is 3.99. The molecule has 3 fully saturated rings. The SMILES string of the molecule is O=C(Nc1cnccn1)[C@H]1CO[C@H]2CCN(CC3CC3)C[C@H]2C1. The van der Waals surface area contributed by atoms with Crippen molar-refractivity contribution in [3.63, 3.8) is 0 Å². The van der Waals surface area contributed by atoms with E-state index in [9.17, 15) is 4.79 Å². The number of piperidine rings is 1. The van der Waals surface area contributed by atoms with Crippen molar-refractivity contribution in [3.8, 4) is 0 Å². The van der Waals surface area contributed by atoms with E-state index in [2.05, 4.69) is 20.2 Å². The summed E-state index contributed by atoms with van der Waals surface area (Å²) in [5, 5.41) is 2.85. The highest BCUT2D eigenvalue weighted by molar-refractivity contribution is 5.91. The first-order valence-electron chi connectivity index (χ1n) is 8.69. The van der Waals surface area contributed by atoms with Crippen LogP contribution < -0.4 is 5.32 Å². The van der Waals surface area contributed by atoms with Gasteiger partial charge in [-0.2, -0.15) is 0 Å². The smallest absolute Gasteiger partial charge is 0.231 e. The number of likely N-dealkylation sites (tertiary alicyclic amines) is 1. The number of hydrogen-bond donors (Lipinski definition) is 1. The molecule has 2 saturated heterocycles. The van der Waals surface area contributed by atoms with E-state index in [1.807, 2.05) is 0 Å². The maximum absolute atomic E-state index is 12.4. The van der Waals surface area contributed by atoms with Crippen molar-refractivity contribution in [2.45, 2.75) is 31.8 Å². The van der Waals surface area contributed by atoms with E-state index in [0.29, 0.717) is 24.4 Å². The Morgan fingerprint density at radius 3 is 3.04 bits per heavy atom. The fraction of sp³-hybridized carbons (Fsp3) is 0.706. The van der Waals surface area contributed by atoms with Crippen molar-refractivity contribution >= 4 is 11.7 Å². The van der Waals surface area contributed by atoms with Crippen LogP contribution in [0.2, 0.25) is 0 Å². The number of nitrogens with one attached hydrogen (secondary N) is 1. The van der Waals surface area contributed by atoms with Gasteiger partial charge in [0.05, 0.1) is 24.8 Å². The largest absolute Gasteiger partial charge is 0.377 e. The molecule has 3 heterocycles. The van der Waals surface area contributed by atoms with Gasteiger partial charge in [0.2, 0.25) is 5.91 Å². The van der Waals surface area contributed by atoms with Crippen molar-refractivity contribution in [1.82, 2.24) is 14.9 Å². The van der Waals surface area contributed by atoms with E-state index < -0.39 is 0 Å². The van der Waals surface area contributed by atoms with Crippen molar-refractivity contribution in [2.75, 3.05) is 31.6 Å². The highest BCUT2D eigenvalue weighted by Gasteiger charge is 2.39. The van der Waals surface area contributed by atoms with Crippen molar-refractivity contribution < 1.29 is 9.53 Å². The third-order valence-electron chi connectivity index (χ3n) is 5.25. The van der Waals surface area contributed by atoms with Crippen LogP contribution in [0.15, 0.2) is 18.6 Å². The average molecular weight is 316 g/mol. The highest BCUT2D eigenvalue weighted by Crippen LogP contribution is 2.35. The molecular weight excluding hydrogens is 292 g/mol. The molecule has 1 aromatic rings. The molecule has 1 aromatic heterocycles. The van der Waals surface area contributed by atoms with Gasteiger partial charge in [0.1, 0.15) is 0 Å². The molecule has 6 nitrogen and oxygen atoms in total. The van der Waals surface area contributed by atoms with E-state index >= 15 is 0 Å². The summed E-state index contributed by atoms with van der Waals surface area (Å²) in [4.78, 5) is 23.1. The van der Waals surface area contributed by atoms with Gasteiger partial charge in [-0.05, 0) is 37.5 Å². The zero-order chi connectivity index (χ0) is 15.6. The van der Waals surface area contributed by atoms with Gasteiger partial charge in [-0.15, -0.1) is 0 Å². The molecule has 1 amide bonds. The zero-order valence-corrected chi connectivity index (χ0v) is 13.4. The molecule has 3 aliphatic rings. The monoisotopic (exact) mass is 316 g/mol. The minimum absolute atomic E-state index is 0.00302. The second-order valence-corrected chi connectivity index (χ2v) is 7.14. The minimum Gasteiger partial charge on any atom is -0.377 e. The number of nitrogens with zero attached hydrogens (tertiary/aromatic N) is 3. The van der Waals surface area contributed by atoms with Gasteiger partial charge in [-0.25, -0.2) is 4.98 Å². The molecule has 3 atom stereocenters. The first-order valence-corrected chi connectivity index (χ1v) is 8.69. The normalized spacial score (nSPS) is 31.4. The second kappa shape index (κ2) is 6.53. The van der Waals surface area contributed by atoms with Gasteiger partial charge in [-0.1, -0.05) is 0 Å².